The fraction of sp³-hybridized carbons (Fsp3) is 0.846. The van der Waals surface area contributed by atoms with Crippen LogP contribution in [0.1, 0.15) is 40.0 Å². The molecule has 0 spiro atoms. The molecule has 102 valence electrons. The molecule has 3 nitrogen and oxygen atoms in total. The van der Waals surface area contributed by atoms with Crippen molar-refractivity contribution in [3.63, 3.8) is 0 Å². The van der Waals surface area contributed by atoms with Gasteiger partial charge in [-0.15, -0.1) is 0 Å². The third kappa shape index (κ3) is 6.71. The van der Waals surface area contributed by atoms with Crippen molar-refractivity contribution < 1.29 is 9.59 Å². The lowest BCUT2D eigenvalue weighted by Crippen LogP contribution is -2.41. The summed E-state index contributed by atoms with van der Waals surface area (Å²) in [4.78, 5) is 23.7. The van der Waals surface area contributed by atoms with Crippen LogP contribution in [0.15, 0.2) is 0 Å². The summed E-state index contributed by atoms with van der Waals surface area (Å²) in [6, 6.07) is -0.290. The zero-order valence-corrected chi connectivity index (χ0v) is 12.8. The standard InChI is InChI=1S/C13H27NO2S/c1-7-12(15)11(9-8-10(2)3)14-13(16)17(4,5)6/h10-11H,7-9H2,1-6H3,(H,14,16). The molecule has 1 unspecified atom stereocenters. The second-order valence-corrected chi connectivity index (χ2v) is 9.66. The second-order valence-electron chi connectivity index (χ2n) is 5.61. The summed E-state index contributed by atoms with van der Waals surface area (Å²) in [7, 11) is -1.28. The van der Waals surface area contributed by atoms with E-state index >= 15 is 0 Å². The Bertz CT molecular complexity index is 269. The van der Waals surface area contributed by atoms with E-state index in [1.54, 1.807) is 0 Å². The van der Waals surface area contributed by atoms with Crippen LogP contribution in [0.2, 0.25) is 0 Å². The highest BCUT2D eigenvalue weighted by Crippen LogP contribution is 2.35. The molecule has 0 rings (SSSR count). The van der Waals surface area contributed by atoms with E-state index in [4.69, 9.17) is 0 Å². The topological polar surface area (TPSA) is 46.2 Å². The van der Waals surface area contributed by atoms with E-state index in [-0.39, 0.29) is 17.1 Å². The normalized spacial score (nSPS) is 14.5. The Kier molecular flexibility index (Phi) is 6.83. The first kappa shape index (κ1) is 16.5. The molecule has 0 saturated carbocycles. The molecule has 1 atom stereocenters. The van der Waals surface area contributed by atoms with Crippen molar-refractivity contribution in [3.8, 4) is 0 Å². The summed E-state index contributed by atoms with van der Waals surface area (Å²) >= 11 is 0. The highest BCUT2D eigenvalue weighted by atomic mass is 32.3. The molecule has 0 saturated heterocycles. The smallest absolute Gasteiger partial charge is 0.261 e. The highest BCUT2D eigenvalue weighted by Gasteiger charge is 2.23. The monoisotopic (exact) mass is 261 g/mol. The first-order valence-electron chi connectivity index (χ1n) is 6.20. The van der Waals surface area contributed by atoms with Gasteiger partial charge in [0.15, 0.2) is 5.78 Å². The van der Waals surface area contributed by atoms with E-state index in [1.807, 2.05) is 25.7 Å². The fourth-order valence-corrected chi connectivity index (χ4v) is 1.87. The van der Waals surface area contributed by atoms with E-state index in [1.165, 1.54) is 0 Å². The average molecular weight is 261 g/mol. The third-order valence-corrected chi connectivity index (χ3v) is 3.85. The van der Waals surface area contributed by atoms with Crippen LogP contribution in [0.25, 0.3) is 0 Å². The quantitative estimate of drug-likeness (QED) is 0.798. The van der Waals surface area contributed by atoms with E-state index in [2.05, 4.69) is 19.2 Å². The zero-order chi connectivity index (χ0) is 13.6. The summed E-state index contributed by atoms with van der Waals surface area (Å²) in [5.74, 6) is 0.698. The van der Waals surface area contributed by atoms with Gasteiger partial charge in [-0.25, -0.2) is 0 Å². The number of ketones is 1. The van der Waals surface area contributed by atoms with Gasteiger partial charge in [0, 0.05) is 6.42 Å². The number of amides is 1. The van der Waals surface area contributed by atoms with Crippen molar-refractivity contribution in [1.29, 1.82) is 0 Å². The van der Waals surface area contributed by atoms with Crippen LogP contribution in [-0.4, -0.2) is 35.8 Å². The van der Waals surface area contributed by atoms with E-state index in [0.29, 0.717) is 12.3 Å². The van der Waals surface area contributed by atoms with E-state index in [9.17, 15) is 9.59 Å². The molecule has 0 radical (unpaired) electrons. The Labute approximate surface area is 107 Å². The SMILES string of the molecule is CCC(=O)C(CCC(C)C)NC(=O)S(C)(C)C. The van der Waals surface area contributed by atoms with E-state index in [0.717, 1.165) is 12.8 Å². The Hall–Kier alpha value is -0.510. The minimum Gasteiger partial charge on any atom is -0.338 e. The molecule has 1 amide bonds. The molecule has 1 N–H and O–H groups in total. The highest BCUT2D eigenvalue weighted by molar-refractivity contribution is 8.43. The Morgan fingerprint density at radius 1 is 1.12 bits per heavy atom. The maximum atomic E-state index is 11.9. The van der Waals surface area contributed by atoms with Gasteiger partial charge in [0.25, 0.3) is 5.24 Å². The van der Waals surface area contributed by atoms with Crippen LogP contribution in [0.3, 0.4) is 0 Å². The van der Waals surface area contributed by atoms with Crippen LogP contribution >= 0.6 is 10.0 Å². The van der Waals surface area contributed by atoms with E-state index < -0.39 is 10.0 Å². The minimum absolute atomic E-state index is 0.0352. The summed E-state index contributed by atoms with van der Waals surface area (Å²) in [5, 5.41) is 2.95. The lowest BCUT2D eigenvalue weighted by atomic mass is 10.00. The van der Waals surface area contributed by atoms with Crippen LogP contribution in [0, 0.1) is 5.92 Å². The molecule has 4 heteroatoms. The second kappa shape index (κ2) is 7.04. The molecule has 0 fully saturated rings. The van der Waals surface area contributed by atoms with Gasteiger partial charge in [0.05, 0.1) is 6.04 Å². The summed E-state index contributed by atoms with van der Waals surface area (Å²) in [6.07, 6.45) is 8.04. The Balaban J connectivity index is 4.49. The number of hydrogen-bond donors (Lipinski definition) is 1. The van der Waals surface area contributed by atoms with Gasteiger partial charge >= 0.3 is 0 Å². The van der Waals surface area contributed by atoms with Gasteiger partial charge in [-0.05, 0) is 37.5 Å². The molecule has 0 aromatic rings. The maximum Gasteiger partial charge on any atom is 0.261 e. The van der Waals surface area contributed by atoms with Gasteiger partial charge in [-0.3, -0.25) is 9.59 Å². The number of Topliss-reactive ketones (excluding diaryl/α,β-unsaturated/α-hetero) is 1. The molecule has 0 aliphatic heterocycles. The predicted octanol–water partition coefficient (Wildman–Crippen LogP) is 3.17. The zero-order valence-electron chi connectivity index (χ0n) is 12.0. The van der Waals surface area contributed by atoms with Gasteiger partial charge in [0.1, 0.15) is 0 Å². The van der Waals surface area contributed by atoms with Crippen LogP contribution < -0.4 is 5.32 Å². The lowest BCUT2D eigenvalue weighted by molar-refractivity contribution is -0.120. The summed E-state index contributed by atoms with van der Waals surface area (Å²) in [6.45, 7) is 6.11. The fourth-order valence-electron chi connectivity index (χ4n) is 1.38. The molecule has 0 aromatic carbocycles. The first-order valence-corrected chi connectivity index (χ1v) is 9.05. The van der Waals surface area contributed by atoms with Crippen molar-refractivity contribution in [2.45, 2.75) is 46.1 Å². The number of nitrogens with one attached hydrogen (secondary N) is 1. The third-order valence-electron chi connectivity index (χ3n) is 2.62. The molecule has 0 aliphatic carbocycles. The van der Waals surface area contributed by atoms with Crippen molar-refractivity contribution >= 4 is 21.1 Å². The largest absolute Gasteiger partial charge is 0.338 e. The Morgan fingerprint density at radius 2 is 1.65 bits per heavy atom. The van der Waals surface area contributed by atoms with Crippen molar-refractivity contribution in [2.24, 2.45) is 5.92 Å². The maximum absolute atomic E-state index is 11.9. The molecule has 17 heavy (non-hydrogen) atoms. The number of carbonyl (C=O) groups is 2. The number of carbonyl (C=O) groups excluding carboxylic acids is 2. The molecule has 0 heterocycles. The molecule has 0 aliphatic rings. The molecular weight excluding hydrogens is 234 g/mol. The van der Waals surface area contributed by atoms with Gasteiger partial charge in [0.2, 0.25) is 0 Å². The Morgan fingerprint density at radius 3 is 2.00 bits per heavy atom. The number of rotatable bonds is 6. The van der Waals surface area contributed by atoms with Crippen LogP contribution in [0.4, 0.5) is 4.79 Å². The van der Waals surface area contributed by atoms with Gasteiger partial charge < -0.3 is 5.32 Å². The molecule has 0 aromatic heterocycles. The predicted molar refractivity (Wildman–Crippen MR) is 77.1 cm³/mol. The van der Waals surface area contributed by atoms with Crippen molar-refractivity contribution in [2.75, 3.05) is 18.8 Å². The summed E-state index contributed by atoms with van der Waals surface area (Å²) in [5.41, 5.74) is 0. The molecule has 0 bridgehead atoms. The lowest BCUT2D eigenvalue weighted by Gasteiger charge is -2.27. The van der Waals surface area contributed by atoms with Crippen molar-refractivity contribution in [1.82, 2.24) is 5.32 Å². The average Bonchev–Trinajstić information content (AvgIpc) is 2.20. The van der Waals surface area contributed by atoms with Gasteiger partial charge in [-0.1, -0.05) is 20.8 Å². The van der Waals surface area contributed by atoms with Crippen LogP contribution in [0.5, 0.6) is 0 Å². The molecular formula is C13H27NO2S. The van der Waals surface area contributed by atoms with Gasteiger partial charge in [-0.2, -0.15) is 10.0 Å². The number of hydrogen-bond acceptors (Lipinski definition) is 2. The van der Waals surface area contributed by atoms with Crippen molar-refractivity contribution in [3.05, 3.63) is 0 Å². The van der Waals surface area contributed by atoms with Crippen LogP contribution in [-0.2, 0) is 4.79 Å². The summed E-state index contributed by atoms with van der Waals surface area (Å²) < 4.78 is 0. The first-order chi connectivity index (χ1) is 7.68. The minimum atomic E-state index is -1.28.